The largest absolute Gasteiger partial charge is 0.497 e. The first-order valence-electron chi connectivity index (χ1n) is 11.9. The molecule has 2 aliphatic heterocycles. The number of ether oxygens (including phenoxy) is 1. The number of aromatic nitrogens is 1. The van der Waals surface area contributed by atoms with Crippen molar-refractivity contribution in [2.75, 3.05) is 26.8 Å². The first-order valence-corrected chi connectivity index (χ1v) is 11.9. The number of rotatable bonds is 5. The van der Waals surface area contributed by atoms with E-state index in [0.717, 1.165) is 28.0 Å². The van der Waals surface area contributed by atoms with Crippen molar-refractivity contribution < 1.29 is 19.4 Å². The summed E-state index contributed by atoms with van der Waals surface area (Å²) in [5, 5.41) is 10.0. The highest BCUT2D eigenvalue weighted by molar-refractivity contribution is 5.88. The number of piperazine rings is 1. The average Bonchev–Trinajstić information content (AvgIpc) is 2.90. The molecule has 3 aromatic rings. The molecule has 2 aliphatic rings. The van der Waals surface area contributed by atoms with E-state index in [2.05, 4.69) is 16.8 Å². The van der Waals surface area contributed by atoms with Gasteiger partial charge in [0.15, 0.2) is 0 Å². The molecule has 7 nitrogen and oxygen atoms in total. The quantitative estimate of drug-likeness (QED) is 0.565. The van der Waals surface area contributed by atoms with Gasteiger partial charge in [-0.3, -0.25) is 14.6 Å². The second-order valence-corrected chi connectivity index (χ2v) is 9.06. The van der Waals surface area contributed by atoms with E-state index in [1.54, 1.807) is 35.4 Å². The predicted molar refractivity (Wildman–Crippen MR) is 134 cm³/mol. The van der Waals surface area contributed by atoms with E-state index in [-0.39, 0.29) is 49.4 Å². The Morgan fingerprint density at radius 3 is 2.64 bits per heavy atom. The van der Waals surface area contributed by atoms with Crippen LogP contribution >= 0.6 is 0 Å². The standard InChI is InChI=1S/C29H27N3O4/c1-36-24-6-2-4-21(14-24)8-7-20-9-11-23(12-10-20)29-25-17-31(18-28(35)32(25)26(29)19-33)27(34)15-22-5-3-13-30-16-22/h2-6,9-14,16,25-26,29,33H,15,17-19H2,1H3/t25-,26+,29+/m0/s1. The van der Waals surface area contributed by atoms with Crippen LogP contribution in [0.3, 0.4) is 0 Å². The molecule has 7 heteroatoms. The van der Waals surface area contributed by atoms with Gasteiger partial charge in [0.2, 0.25) is 11.8 Å². The minimum atomic E-state index is -0.285. The van der Waals surface area contributed by atoms with Crippen LogP contribution in [0.1, 0.15) is 28.2 Å². The normalized spacial score (nSPS) is 20.6. The van der Waals surface area contributed by atoms with E-state index in [1.165, 1.54) is 0 Å². The average molecular weight is 482 g/mol. The lowest BCUT2D eigenvalue weighted by Gasteiger charge is -2.58. The molecule has 0 spiro atoms. The fourth-order valence-electron chi connectivity index (χ4n) is 5.11. The van der Waals surface area contributed by atoms with Crippen LogP contribution in [-0.4, -0.2) is 70.6 Å². The van der Waals surface area contributed by atoms with Gasteiger partial charge in [0.25, 0.3) is 0 Å². The van der Waals surface area contributed by atoms with Gasteiger partial charge in [-0.05, 0) is 47.5 Å². The van der Waals surface area contributed by atoms with Crippen molar-refractivity contribution in [1.82, 2.24) is 14.8 Å². The third-order valence-electron chi connectivity index (χ3n) is 6.90. The molecule has 0 radical (unpaired) electrons. The highest BCUT2D eigenvalue weighted by atomic mass is 16.5. The Labute approximate surface area is 210 Å². The molecule has 3 heterocycles. The predicted octanol–water partition coefficient (Wildman–Crippen LogP) is 2.23. The molecule has 182 valence electrons. The van der Waals surface area contributed by atoms with E-state index >= 15 is 0 Å². The molecule has 2 fully saturated rings. The fourth-order valence-corrected chi connectivity index (χ4v) is 5.11. The zero-order chi connectivity index (χ0) is 25.1. The summed E-state index contributed by atoms with van der Waals surface area (Å²) in [5.74, 6) is 6.82. The fraction of sp³-hybridized carbons (Fsp3) is 0.276. The monoisotopic (exact) mass is 481 g/mol. The molecule has 0 aliphatic carbocycles. The van der Waals surface area contributed by atoms with Gasteiger partial charge in [0, 0.05) is 36.0 Å². The van der Waals surface area contributed by atoms with Crippen LogP contribution in [0.4, 0.5) is 0 Å². The van der Waals surface area contributed by atoms with E-state index in [4.69, 9.17) is 4.74 Å². The lowest BCUT2D eigenvalue weighted by Crippen LogP contribution is -2.73. The Morgan fingerprint density at radius 1 is 1.11 bits per heavy atom. The number of methoxy groups -OCH3 is 1. The molecular formula is C29H27N3O4. The van der Waals surface area contributed by atoms with Crippen molar-refractivity contribution in [3.05, 3.63) is 95.3 Å². The van der Waals surface area contributed by atoms with Gasteiger partial charge in [-0.2, -0.15) is 0 Å². The Hall–Kier alpha value is -4.15. The maximum Gasteiger partial charge on any atom is 0.242 e. The summed E-state index contributed by atoms with van der Waals surface area (Å²) in [6.45, 7) is 0.370. The topological polar surface area (TPSA) is 83.0 Å². The summed E-state index contributed by atoms with van der Waals surface area (Å²) in [7, 11) is 1.63. The zero-order valence-corrected chi connectivity index (χ0v) is 20.0. The lowest BCUT2D eigenvalue weighted by molar-refractivity contribution is -0.166. The summed E-state index contributed by atoms with van der Waals surface area (Å²) >= 11 is 0. The second kappa shape index (κ2) is 10.2. The molecular weight excluding hydrogens is 454 g/mol. The molecule has 5 rings (SSSR count). The maximum absolute atomic E-state index is 12.9. The van der Waals surface area contributed by atoms with Crippen molar-refractivity contribution in [1.29, 1.82) is 0 Å². The Balaban J connectivity index is 1.30. The molecule has 3 atom stereocenters. The number of nitrogens with zero attached hydrogens (tertiary/aromatic N) is 3. The van der Waals surface area contributed by atoms with Gasteiger partial charge in [0.1, 0.15) is 5.75 Å². The first-order chi connectivity index (χ1) is 17.6. The molecule has 2 amide bonds. The SMILES string of the molecule is COc1cccc(C#Cc2ccc([C@H]3[C@@H](CO)N4C(=O)CN(C(=O)Cc5cccnc5)C[C@@H]34)cc2)c1. The summed E-state index contributed by atoms with van der Waals surface area (Å²) in [6.07, 6.45) is 3.55. The number of hydrogen-bond acceptors (Lipinski definition) is 5. The molecule has 36 heavy (non-hydrogen) atoms. The number of benzene rings is 2. The molecule has 0 unspecified atom stereocenters. The summed E-state index contributed by atoms with van der Waals surface area (Å²) in [5.41, 5.74) is 3.58. The van der Waals surface area contributed by atoms with Crippen LogP contribution in [0, 0.1) is 11.8 Å². The Bertz CT molecular complexity index is 1310. The number of hydrogen-bond donors (Lipinski definition) is 1. The van der Waals surface area contributed by atoms with Crippen molar-refractivity contribution in [3.63, 3.8) is 0 Å². The van der Waals surface area contributed by atoms with E-state index in [1.807, 2.05) is 54.6 Å². The maximum atomic E-state index is 12.9. The number of carbonyl (C=O) groups is 2. The molecule has 1 N–H and O–H groups in total. The van der Waals surface area contributed by atoms with E-state index in [9.17, 15) is 14.7 Å². The van der Waals surface area contributed by atoms with Crippen molar-refractivity contribution >= 4 is 11.8 Å². The van der Waals surface area contributed by atoms with Crippen LogP contribution < -0.4 is 4.74 Å². The Kier molecular flexibility index (Phi) is 6.70. The number of fused-ring (bicyclic) bond motifs is 1. The van der Waals surface area contributed by atoms with Crippen molar-refractivity contribution in [3.8, 4) is 17.6 Å². The van der Waals surface area contributed by atoms with Gasteiger partial charge in [0.05, 0.1) is 38.8 Å². The van der Waals surface area contributed by atoms with E-state index in [0.29, 0.717) is 6.54 Å². The molecule has 2 saturated heterocycles. The zero-order valence-electron chi connectivity index (χ0n) is 20.0. The Morgan fingerprint density at radius 2 is 1.92 bits per heavy atom. The number of carbonyl (C=O) groups excluding carboxylic acids is 2. The van der Waals surface area contributed by atoms with Crippen LogP contribution in [0.25, 0.3) is 0 Å². The minimum absolute atomic E-state index is 0.0393. The van der Waals surface area contributed by atoms with Crippen LogP contribution in [0.15, 0.2) is 73.1 Å². The van der Waals surface area contributed by atoms with Crippen LogP contribution in [0.2, 0.25) is 0 Å². The van der Waals surface area contributed by atoms with Crippen LogP contribution in [-0.2, 0) is 16.0 Å². The second-order valence-electron chi connectivity index (χ2n) is 9.06. The summed E-state index contributed by atoms with van der Waals surface area (Å²) < 4.78 is 5.25. The van der Waals surface area contributed by atoms with Gasteiger partial charge >= 0.3 is 0 Å². The smallest absolute Gasteiger partial charge is 0.242 e. The van der Waals surface area contributed by atoms with Gasteiger partial charge in [-0.25, -0.2) is 0 Å². The van der Waals surface area contributed by atoms with Crippen molar-refractivity contribution in [2.45, 2.75) is 24.4 Å². The summed E-state index contributed by atoms with van der Waals surface area (Å²) in [4.78, 5) is 33.2. The molecule has 2 aromatic carbocycles. The van der Waals surface area contributed by atoms with E-state index < -0.39 is 0 Å². The lowest BCUT2D eigenvalue weighted by atomic mass is 9.73. The first kappa shape index (κ1) is 23.6. The minimum Gasteiger partial charge on any atom is -0.497 e. The van der Waals surface area contributed by atoms with Gasteiger partial charge in [-0.1, -0.05) is 36.1 Å². The molecule has 0 saturated carbocycles. The third kappa shape index (κ3) is 4.68. The number of aliphatic hydroxyl groups is 1. The number of pyridine rings is 1. The third-order valence-corrected chi connectivity index (χ3v) is 6.90. The summed E-state index contributed by atoms with van der Waals surface area (Å²) in [6, 6.07) is 18.7. The number of amides is 2. The highest BCUT2D eigenvalue weighted by Crippen LogP contribution is 2.43. The molecule has 1 aromatic heterocycles. The highest BCUT2D eigenvalue weighted by Gasteiger charge is 2.54. The van der Waals surface area contributed by atoms with Gasteiger partial charge in [-0.15, -0.1) is 0 Å². The van der Waals surface area contributed by atoms with Crippen molar-refractivity contribution in [2.24, 2.45) is 0 Å². The molecule has 0 bridgehead atoms. The van der Waals surface area contributed by atoms with Crippen LogP contribution in [0.5, 0.6) is 5.75 Å². The van der Waals surface area contributed by atoms with Gasteiger partial charge < -0.3 is 19.6 Å². The number of aliphatic hydroxyl groups excluding tert-OH is 1.